The number of carbonyl (C=O) groups is 1. The molecule has 0 atom stereocenters. The summed E-state index contributed by atoms with van der Waals surface area (Å²) in [4.78, 5) is 16.6. The summed E-state index contributed by atoms with van der Waals surface area (Å²) in [7, 11) is 0. The lowest BCUT2D eigenvalue weighted by molar-refractivity contribution is -0.116. The molecule has 162 valence electrons. The van der Waals surface area contributed by atoms with E-state index in [2.05, 4.69) is 22.3 Å². The van der Waals surface area contributed by atoms with Crippen LogP contribution in [-0.4, -0.2) is 34.1 Å². The fraction of sp³-hybridized carbons (Fsp3) is 0.348. The minimum absolute atomic E-state index is 0.0293. The Kier molecular flexibility index (Phi) is 6.35. The van der Waals surface area contributed by atoms with E-state index in [1.54, 1.807) is 4.68 Å². The van der Waals surface area contributed by atoms with E-state index in [4.69, 9.17) is 14.2 Å². The summed E-state index contributed by atoms with van der Waals surface area (Å²) in [6.07, 6.45) is 3.59. The highest BCUT2D eigenvalue weighted by molar-refractivity contribution is 5.90. The molecular formula is C23H26N4O4. The lowest BCUT2D eigenvalue weighted by Crippen LogP contribution is -2.11. The standard InChI is InChI=1S/C23H26N4O4/c1-3-5-6-7-21(28)24-17-9-11-18(12-10-17)27-22(25-23(26-27)29-4-2)16-8-13-19-20(14-16)31-15-30-19/h8-14H,3-7,15H2,1-2H3,(H,24,28). The van der Waals surface area contributed by atoms with E-state index in [0.29, 0.717) is 36.4 Å². The van der Waals surface area contributed by atoms with Crippen LogP contribution < -0.4 is 19.5 Å². The lowest BCUT2D eigenvalue weighted by Gasteiger charge is -2.09. The van der Waals surface area contributed by atoms with Gasteiger partial charge in [-0.1, -0.05) is 19.8 Å². The molecule has 1 N–H and O–H groups in total. The maximum atomic E-state index is 12.1. The number of nitrogens with zero attached hydrogens (tertiary/aromatic N) is 3. The SMILES string of the molecule is CCCCCC(=O)Nc1ccc(-n2nc(OCC)nc2-c2ccc3c(c2)OCO3)cc1. The number of amides is 1. The van der Waals surface area contributed by atoms with Crippen LogP contribution in [0.5, 0.6) is 17.5 Å². The Bertz CT molecular complexity index is 1050. The van der Waals surface area contributed by atoms with Gasteiger partial charge in [0.25, 0.3) is 0 Å². The van der Waals surface area contributed by atoms with Gasteiger partial charge in [0.1, 0.15) is 0 Å². The Morgan fingerprint density at radius 2 is 1.90 bits per heavy atom. The Balaban J connectivity index is 1.58. The number of rotatable bonds is 9. The fourth-order valence-electron chi connectivity index (χ4n) is 3.33. The zero-order valence-corrected chi connectivity index (χ0v) is 17.8. The predicted octanol–water partition coefficient (Wildman–Crippen LogP) is 4.58. The Hall–Kier alpha value is -3.55. The first-order chi connectivity index (χ1) is 15.2. The van der Waals surface area contributed by atoms with Gasteiger partial charge in [0.05, 0.1) is 12.3 Å². The number of aromatic nitrogens is 3. The first-order valence-electron chi connectivity index (χ1n) is 10.6. The van der Waals surface area contributed by atoms with Crippen molar-refractivity contribution in [2.45, 2.75) is 39.5 Å². The maximum absolute atomic E-state index is 12.1. The number of nitrogens with one attached hydrogen (secondary N) is 1. The zero-order valence-electron chi connectivity index (χ0n) is 17.8. The molecule has 0 radical (unpaired) electrons. The number of carbonyl (C=O) groups excluding carboxylic acids is 1. The first kappa shape index (κ1) is 20.7. The third-order valence-corrected chi connectivity index (χ3v) is 4.89. The van der Waals surface area contributed by atoms with Gasteiger partial charge in [-0.25, -0.2) is 4.68 Å². The monoisotopic (exact) mass is 422 g/mol. The van der Waals surface area contributed by atoms with E-state index in [9.17, 15) is 4.79 Å². The van der Waals surface area contributed by atoms with Crippen LogP contribution in [-0.2, 0) is 4.79 Å². The molecule has 0 bridgehead atoms. The number of fused-ring (bicyclic) bond motifs is 1. The molecule has 2 aromatic carbocycles. The third-order valence-electron chi connectivity index (χ3n) is 4.89. The number of benzene rings is 2. The number of hydrogen-bond donors (Lipinski definition) is 1. The smallest absolute Gasteiger partial charge is 0.336 e. The molecule has 1 aliphatic heterocycles. The molecule has 8 nitrogen and oxygen atoms in total. The highest BCUT2D eigenvalue weighted by Crippen LogP contribution is 2.36. The summed E-state index contributed by atoms with van der Waals surface area (Å²) >= 11 is 0. The van der Waals surface area contributed by atoms with Gasteiger partial charge in [-0.3, -0.25) is 4.79 Å². The second-order valence-electron chi connectivity index (χ2n) is 7.18. The van der Waals surface area contributed by atoms with Crippen LogP contribution in [0.4, 0.5) is 5.69 Å². The Labute approximate surface area is 181 Å². The van der Waals surface area contributed by atoms with Crippen LogP contribution in [0.2, 0.25) is 0 Å². The molecule has 0 fully saturated rings. The highest BCUT2D eigenvalue weighted by atomic mass is 16.7. The molecule has 31 heavy (non-hydrogen) atoms. The second kappa shape index (κ2) is 9.51. The summed E-state index contributed by atoms with van der Waals surface area (Å²) in [5.74, 6) is 2.03. The van der Waals surface area contributed by atoms with Crippen LogP contribution in [0.3, 0.4) is 0 Å². The van der Waals surface area contributed by atoms with E-state index < -0.39 is 0 Å². The van der Waals surface area contributed by atoms with Gasteiger partial charge in [-0.05, 0) is 55.8 Å². The van der Waals surface area contributed by atoms with Crippen LogP contribution in [0.15, 0.2) is 42.5 Å². The Morgan fingerprint density at radius 1 is 1.10 bits per heavy atom. The molecule has 3 aromatic rings. The molecule has 4 rings (SSSR count). The zero-order chi connectivity index (χ0) is 21.6. The van der Waals surface area contributed by atoms with Crippen molar-refractivity contribution in [2.24, 2.45) is 0 Å². The molecular weight excluding hydrogens is 396 g/mol. The molecule has 8 heteroatoms. The minimum atomic E-state index is 0.0293. The van der Waals surface area contributed by atoms with E-state index >= 15 is 0 Å². The van der Waals surface area contributed by atoms with Crippen molar-refractivity contribution in [3.05, 3.63) is 42.5 Å². The molecule has 0 saturated carbocycles. The predicted molar refractivity (Wildman–Crippen MR) is 117 cm³/mol. The average molecular weight is 422 g/mol. The molecule has 0 saturated heterocycles. The quantitative estimate of drug-likeness (QED) is 0.508. The minimum Gasteiger partial charge on any atom is -0.463 e. The Morgan fingerprint density at radius 3 is 2.68 bits per heavy atom. The third kappa shape index (κ3) is 4.79. The summed E-state index contributed by atoms with van der Waals surface area (Å²) < 4.78 is 18.1. The average Bonchev–Trinajstić information content (AvgIpc) is 3.41. The maximum Gasteiger partial charge on any atom is 0.336 e. The molecule has 1 aromatic heterocycles. The summed E-state index contributed by atoms with van der Waals surface area (Å²) in [6.45, 7) is 4.68. The van der Waals surface area contributed by atoms with Gasteiger partial charge < -0.3 is 19.5 Å². The first-order valence-corrected chi connectivity index (χ1v) is 10.6. The van der Waals surface area contributed by atoms with Crippen LogP contribution in [0.1, 0.15) is 39.5 Å². The highest BCUT2D eigenvalue weighted by Gasteiger charge is 2.19. The normalized spacial score (nSPS) is 12.1. The summed E-state index contributed by atoms with van der Waals surface area (Å²) in [5.41, 5.74) is 2.38. The van der Waals surface area contributed by atoms with Crippen molar-refractivity contribution >= 4 is 11.6 Å². The molecule has 0 aliphatic carbocycles. The van der Waals surface area contributed by atoms with Crippen molar-refractivity contribution in [1.29, 1.82) is 0 Å². The number of unbranched alkanes of at least 4 members (excludes halogenated alkanes) is 2. The second-order valence-corrected chi connectivity index (χ2v) is 7.18. The fourth-order valence-corrected chi connectivity index (χ4v) is 3.33. The van der Waals surface area contributed by atoms with Crippen LogP contribution in [0, 0.1) is 0 Å². The molecule has 0 unspecified atom stereocenters. The largest absolute Gasteiger partial charge is 0.463 e. The van der Waals surface area contributed by atoms with Crippen LogP contribution in [0.25, 0.3) is 17.1 Å². The molecule has 1 amide bonds. The summed E-state index contributed by atoms with van der Waals surface area (Å²) in [6, 6.07) is 13.4. The van der Waals surface area contributed by atoms with E-state index in [-0.39, 0.29) is 12.7 Å². The van der Waals surface area contributed by atoms with Gasteiger partial charge in [-0.15, -0.1) is 5.10 Å². The van der Waals surface area contributed by atoms with Gasteiger partial charge in [0, 0.05) is 17.7 Å². The van der Waals surface area contributed by atoms with Gasteiger partial charge in [0.15, 0.2) is 17.3 Å². The van der Waals surface area contributed by atoms with E-state index in [1.807, 2.05) is 49.4 Å². The molecule has 1 aliphatic rings. The van der Waals surface area contributed by atoms with Gasteiger partial charge in [0.2, 0.25) is 12.7 Å². The van der Waals surface area contributed by atoms with Crippen molar-refractivity contribution in [1.82, 2.24) is 14.8 Å². The van der Waals surface area contributed by atoms with Crippen molar-refractivity contribution < 1.29 is 19.0 Å². The van der Waals surface area contributed by atoms with Crippen molar-refractivity contribution in [3.63, 3.8) is 0 Å². The van der Waals surface area contributed by atoms with Crippen LogP contribution >= 0.6 is 0 Å². The molecule has 2 heterocycles. The molecule has 0 spiro atoms. The van der Waals surface area contributed by atoms with Crippen molar-refractivity contribution in [3.8, 4) is 34.6 Å². The van der Waals surface area contributed by atoms with Gasteiger partial charge in [-0.2, -0.15) is 4.98 Å². The topological polar surface area (TPSA) is 87.5 Å². The van der Waals surface area contributed by atoms with Crippen molar-refractivity contribution in [2.75, 3.05) is 18.7 Å². The number of ether oxygens (including phenoxy) is 3. The summed E-state index contributed by atoms with van der Waals surface area (Å²) in [5, 5.41) is 7.44. The number of hydrogen-bond acceptors (Lipinski definition) is 6. The van der Waals surface area contributed by atoms with E-state index in [0.717, 1.165) is 36.2 Å². The van der Waals surface area contributed by atoms with Gasteiger partial charge >= 0.3 is 6.01 Å². The lowest BCUT2D eigenvalue weighted by atomic mass is 10.2. The number of anilines is 1. The van der Waals surface area contributed by atoms with E-state index in [1.165, 1.54) is 0 Å².